The van der Waals surface area contributed by atoms with Crippen LogP contribution in [0.25, 0.3) is 0 Å². The van der Waals surface area contributed by atoms with E-state index >= 15 is 0 Å². The number of likely N-dealkylation sites (N-methyl/N-ethyl adjacent to an activating group) is 1. The molecule has 0 bridgehead atoms. The Morgan fingerprint density at radius 2 is 2.20 bits per heavy atom. The summed E-state index contributed by atoms with van der Waals surface area (Å²) in [5, 5.41) is 11.7. The van der Waals surface area contributed by atoms with Gasteiger partial charge in [-0.3, -0.25) is 0 Å². The highest BCUT2D eigenvalue weighted by molar-refractivity contribution is 5.92. The molecule has 0 radical (unpaired) electrons. The van der Waals surface area contributed by atoms with Gasteiger partial charge in [0.15, 0.2) is 0 Å². The highest BCUT2D eigenvalue weighted by Gasteiger charge is 2.24. The van der Waals surface area contributed by atoms with E-state index in [1.54, 1.807) is 31.0 Å². The average Bonchev–Trinajstić information content (AvgIpc) is 2.91. The first-order valence-electron chi connectivity index (χ1n) is 6.44. The molecule has 0 saturated carbocycles. The number of anilines is 1. The average molecular weight is 278 g/mol. The molecule has 0 aliphatic carbocycles. The number of urea groups is 1. The molecule has 2 N–H and O–H groups in total. The van der Waals surface area contributed by atoms with Crippen LogP contribution in [0.3, 0.4) is 0 Å². The van der Waals surface area contributed by atoms with Gasteiger partial charge in [0.25, 0.3) is 0 Å². The van der Waals surface area contributed by atoms with Crippen molar-refractivity contribution >= 4 is 17.7 Å². The Bertz CT molecular complexity index is 524. The number of aryl methyl sites for hydroxylation is 1. The molecule has 1 aliphatic rings. The van der Waals surface area contributed by atoms with Crippen molar-refractivity contribution in [3.05, 3.63) is 29.3 Å². The monoisotopic (exact) mass is 278 g/mol. The zero-order valence-electron chi connectivity index (χ0n) is 11.5. The molecular weight excluding hydrogens is 260 g/mol. The lowest BCUT2D eigenvalue weighted by molar-refractivity contribution is 0.0696. The Morgan fingerprint density at radius 1 is 1.45 bits per heavy atom. The molecule has 1 aliphatic heterocycles. The van der Waals surface area contributed by atoms with Crippen molar-refractivity contribution in [3.63, 3.8) is 0 Å². The predicted molar refractivity (Wildman–Crippen MR) is 74.1 cm³/mol. The number of hydrogen-bond acceptors (Lipinski definition) is 3. The zero-order valence-corrected chi connectivity index (χ0v) is 11.5. The third kappa shape index (κ3) is 3.08. The van der Waals surface area contributed by atoms with Crippen LogP contribution < -0.4 is 5.32 Å². The molecule has 6 nitrogen and oxygen atoms in total. The van der Waals surface area contributed by atoms with Gasteiger partial charge in [0, 0.05) is 19.3 Å². The van der Waals surface area contributed by atoms with E-state index in [-0.39, 0.29) is 17.6 Å². The lowest BCUT2D eigenvalue weighted by Crippen LogP contribution is -2.40. The van der Waals surface area contributed by atoms with Crippen molar-refractivity contribution in [2.24, 2.45) is 0 Å². The van der Waals surface area contributed by atoms with Gasteiger partial charge in [0.05, 0.1) is 18.2 Å². The molecular formula is C14H18N2O4. The second-order valence-electron chi connectivity index (χ2n) is 4.89. The highest BCUT2D eigenvalue weighted by Crippen LogP contribution is 2.17. The van der Waals surface area contributed by atoms with Crippen molar-refractivity contribution in [3.8, 4) is 0 Å². The van der Waals surface area contributed by atoms with Gasteiger partial charge in [0.1, 0.15) is 0 Å². The first-order valence-corrected chi connectivity index (χ1v) is 6.44. The number of carbonyl (C=O) groups is 2. The fourth-order valence-corrected chi connectivity index (χ4v) is 2.19. The molecule has 1 aromatic carbocycles. The van der Waals surface area contributed by atoms with Crippen LogP contribution in [0.2, 0.25) is 0 Å². The Kier molecular flexibility index (Phi) is 4.24. The zero-order chi connectivity index (χ0) is 14.7. The van der Waals surface area contributed by atoms with Crippen LogP contribution in [-0.2, 0) is 4.74 Å². The quantitative estimate of drug-likeness (QED) is 0.885. The molecule has 1 atom stereocenters. The minimum atomic E-state index is -0.972. The Balaban J connectivity index is 2.04. The van der Waals surface area contributed by atoms with Crippen LogP contribution >= 0.6 is 0 Å². The minimum absolute atomic E-state index is 0.0920. The van der Waals surface area contributed by atoms with E-state index in [9.17, 15) is 9.59 Å². The van der Waals surface area contributed by atoms with Gasteiger partial charge in [-0.2, -0.15) is 0 Å². The summed E-state index contributed by atoms with van der Waals surface area (Å²) in [5.74, 6) is -0.972. The molecule has 20 heavy (non-hydrogen) atoms. The van der Waals surface area contributed by atoms with E-state index < -0.39 is 5.97 Å². The van der Waals surface area contributed by atoms with E-state index in [0.717, 1.165) is 6.42 Å². The highest BCUT2D eigenvalue weighted by atomic mass is 16.5. The third-order valence-corrected chi connectivity index (χ3v) is 3.48. The lowest BCUT2D eigenvalue weighted by atomic mass is 10.1. The summed E-state index contributed by atoms with van der Waals surface area (Å²) < 4.78 is 5.25. The van der Waals surface area contributed by atoms with E-state index in [0.29, 0.717) is 24.5 Å². The van der Waals surface area contributed by atoms with Crippen molar-refractivity contribution in [1.82, 2.24) is 4.90 Å². The first kappa shape index (κ1) is 14.3. The Morgan fingerprint density at radius 3 is 2.75 bits per heavy atom. The summed E-state index contributed by atoms with van der Waals surface area (Å²) in [6.07, 6.45) is 0.834. The number of nitrogens with zero attached hydrogens (tertiary/aromatic N) is 1. The van der Waals surface area contributed by atoms with Gasteiger partial charge >= 0.3 is 12.0 Å². The molecule has 2 rings (SSSR count). The molecule has 1 heterocycles. The summed E-state index contributed by atoms with van der Waals surface area (Å²) in [6, 6.07) is 4.61. The maximum absolute atomic E-state index is 12.1. The second-order valence-corrected chi connectivity index (χ2v) is 4.89. The summed E-state index contributed by atoms with van der Waals surface area (Å²) in [7, 11) is 1.73. The fraction of sp³-hybridized carbons (Fsp3) is 0.429. The molecule has 1 unspecified atom stereocenters. The summed E-state index contributed by atoms with van der Waals surface area (Å²) >= 11 is 0. The molecule has 1 saturated heterocycles. The third-order valence-electron chi connectivity index (χ3n) is 3.48. The van der Waals surface area contributed by atoms with Crippen LogP contribution in [0.15, 0.2) is 18.2 Å². The summed E-state index contributed by atoms with van der Waals surface area (Å²) in [4.78, 5) is 24.6. The lowest BCUT2D eigenvalue weighted by Gasteiger charge is -2.23. The van der Waals surface area contributed by atoms with Crippen LogP contribution in [-0.4, -0.2) is 48.3 Å². The van der Waals surface area contributed by atoms with E-state index in [1.807, 2.05) is 0 Å². The van der Waals surface area contributed by atoms with Gasteiger partial charge in [-0.1, -0.05) is 0 Å². The minimum Gasteiger partial charge on any atom is -0.478 e. The van der Waals surface area contributed by atoms with Crippen LogP contribution in [0, 0.1) is 6.92 Å². The van der Waals surface area contributed by atoms with Gasteiger partial charge in [-0.15, -0.1) is 0 Å². The van der Waals surface area contributed by atoms with Gasteiger partial charge in [-0.25, -0.2) is 9.59 Å². The smallest absolute Gasteiger partial charge is 0.335 e. The fourth-order valence-electron chi connectivity index (χ4n) is 2.19. The van der Waals surface area contributed by atoms with Crippen molar-refractivity contribution in [2.45, 2.75) is 19.4 Å². The number of carbonyl (C=O) groups excluding carboxylic acids is 1. The first-order chi connectivity index (χ1) is 9.49. The number of carboxylic acid groups (broad SMARTS) is 1. The van der Waals surface area contributed by atoms with Gasteiger partial charge < -0.3 is 20.1 Å². The van der Waals surface area contributed by atoms with E-state index in [4.69, 9.17) is 9.84 Å². The Hall–Kier alpha value is -2.08. The standard InChI is InChI=1S/C14H18N2O4/c1-9-7-10(3-4-12(9)13(17)18)15-14(19)16(2)11-5-6-20-8-11/h3-4,7,11H,5-6,8H2,1-2H3,(H,15,19)(H,17,18). The number of hydrogen-bond donors (Lipinski definition) is 2. The van der Waals surface area contributed by atoms with E-state index in [2.05, 4.69) is 5.32 Å². The maximum atomic E-state index is 12.1. The number of amides is 2. The molecule has 1 aromatic rings. The van der Waals surface area contributed by atoms with Crippen LogP contribution in [0.4, 0.5) is 10.5 Å². The summed E-state index contributed by atoms with van der Waals surface area (Å²) in [5.41, 5.74) is 1.44. The van der Waals surface area contributed by atoms with Gasteiger partial charge in [0.2, 0.25) is 0 Å². The molecule has 0 spiro atoms. The number of benzene rings is 1. The van der Waals surface area contributed by atoms with E-state index in [1.165, 1.54) is 6.07 Å². The molecule has 0 aromatic heterocycles. The number of aromatic carboxylic acids is 1. The molecule has 1 fully saturated rings. The van der Waals surface area contributed by atoms with Crippen LogP contribution in [0.1, 0.15) is 22.3 Å². The predicted octanol–water partition coefficient (Wildman–Crippen LogP) is 1.95. The number of ether oxygens (including phenoxy) is 1. The number of carboxylic acids is 1. The normalized spacial score (nSPS) is 17.8. The topological polar surface area (TPSA) is 78.9 Å². The maximum Gasteiger partial charge on any atom is 0.335 e. The molecule has 2 amide bonds. The largest absolute Gasteiger partial charge is 0.478 e. The summed E-state index contributed by atoms with van der Waals surface area (Å²) in [6.45, 7) is 2.93. The van der Waals surface area contributed by atoms with Crippen molar-refractivity contribution < 1.29 is 19.4 Å². The number of rotatable bonds is 3. The van der Waals surface area contributed by atoms with Crippen molar-refractivity contribution in [2.75, 3.05) is 25.6 Å². The Labute approximate surface area is 117 Å². The molecule has 108 valence electrons. The molecule has 6 heteroatoms. The van der Waals surface area contributed by atoms with Gasteiger partial charge in [-0.05, 0) is 37.1 Å². The number of nitrogens with one attached hydrogen (secondary N) is 1. The van der Waals surface area contributed by atoms with Crippen LogP contribution in [0.5, 0.6) is 0 Å². The second kappa shape index (κ2) is 5.92. The van der Waals surface area contributed by atoms with Crippen molar-refractivity contribution in [1.29, 1.82) is 0 Å². The SMILES string of the molecule is Cc1cc(NC(=O)N(C)C2CCOC2)ccc1C(=O)O.